The van der Waals surface area contributed by atoms with E-state index in [2.05, 4.69) is 39.0 Å². The Morgan fingerprint density at radius 1 is 1.21 bits per heavy atom. The molecule has 8 nitrogen and oxygen atoms in total. The van der Waals surface area contributed by atoms with Gasteiger partial charge in [0, 0.05) is 66.6 Å². The third-order valence-corrected chi connectivity index (χ3v) is 7.21. The van der Waals surface area contributed by atoms with Gasteiger partial charge in [-0.15, -0.1) is 8.78 Å². The van der Waals surface area contributed by atoms with Crippen molar-refractivity contribution in [1.29, 1.82) is 0 Å². The number of amides is 2. The number of H-pyrrole nitrogens is 1. The molecule has 1 fully saturated rings. The number of alkyl halides is 3. The quantitative estimate of drug-likeness (QED) is 0.405. The normalized spacial score (nSPS) is 18.8. The zero-order chi connectivity index (χ0) is 27.2. The predicted octanol–water partition coefficient (Wildman–Crippen LogP) is 5.43. The topological polar surface area (TPSA) is 90.6 Å². The largest absolute Gasteiger partial charge is 0.487 e. The summed E-state index contributed by atoms with van der Waals surface area (Å²) in [5, 5.41) is 9.99. The third-order valence-electron chi connectivity index (χ3n) is 7.14. The summed E-state index contributed by atoms with van der Waals surface area (Å²) in [6.45, 7) is 7.13. The number of nitrogens with zero attached hydrogens (tertiary/aromatic N) is 3. The van der Waals surface area contributed by atoms with E-state index < -0.39 is 5.57 Å². The Morgan fingerprint density at radius 2 is 1.95 bits per heavy atom. The first-order valence-electron chi connectivity index (χ1n) is 12.4. The van der Waals surface area contributed by atoms with E-state index in [-0.39, 0.29) is 35.6 Å². The summed E-state index contributed by atoms with van der Waals surface area (Å²) >= 11 is 4.82. The number of carbonyl (C=O) groups excluding carboxylic acids is 2. The molecule has 2 aliphatic heterocycles. The molecule has 0 saturated carbocycles. The number of benzene rings is 2. The Labute approximate surface area is 223 Å². The number of fused-ring (bicyclic) bond motifs is 3. The molecule has 0 bridgehead atoms. The second-order valence-electron chi connectivity index (χ2n) is 9.89. The van der Waals surface area contributed by atoms with Crippen LogP contribution < -0.4 is 15.0 Å². The maximum Gasteiger partial charge on any atom is 0.487 e. The van der Waals surface area contributed by atoms with Crippen molar-refractivity contribution in [2.24, 2.45) is 0 Å². The zero-order valence-corrected chi connectivity index (χ0v) is 21.9. The van der Waals surface area contributed by atoms with Gasteiger partial charge in [0.2, 0.25) is 5.91 Å². The highest BCUT2D eigenvalue weighted by atomic mass is 35.5. The Balaban J connectivity index is 1.51. The van der Waals surface area contributed by atoms with Crippen LogP contribution in [0.2, 0.25) is 0 Å². The molecule has 1 aromatic heterocycles. The van der Waals surface area contributed by atoms with Gasteiger partial charge in [-0.25, -0.2) is 0 Å². The number of hydrogen-bond acceptors (Lipinski definition) is 5. The van der Waals surface area contributed by atoms with E-state index in [1.54, 1.807) is 13.1 Å². The Hall–Kier alpha value is -3.66. The number of ether oxygens (including phenoxy) is 1. The van der Waals surface area contributed by atoms with Crippen LogP contribution in [0.5, 0.6) is 5.75 Å². The van der Waals surface area contributed by atoms with Crippen molar-refractivity contribution in [2.45, 2.75) is 50.8 Å². The number of hydrogen-bond donors (Lipinski definition) is 2. The van der Waals surface area contributed by atoms with Gasteiger partial charge in [0.15, 0.2) is 0 Å². The average Bonchev–Trinajstić information content (AvgIpc) is 3.49. The fourth-order valence-corrected chi connectivity index (χ4v) is 5.67. The lowest BCUT2D eigenvalue weighted by Gasteiger charge is -2.41. The molecule has 38 heavy (non-hydrogen) atoms. The van der Waals surface area contributed by atoms with Crippen LogP contribution in [0, 0.1) is 0 Å². The van der Waals surface area contributed by atoms with E-state index in [4.69, 9.17) is 11.6 Å². The van der Waals surface area contributed by atoms with Gasteiger partial charge in [-0.3, -0.25) is 14.7 Å². The SMILES string of the molecule is CC(=O)N1CCC2c3cc(C(=O)Nc4ccc(OC(F)(F)Cl)cc4)cc(-c4ccn[nH]4)c3N(C(C)C)C2C1. The number of halogens is 3. The van der Waals surface area contributed by atoms with Gasteiger partial charge in [0.1, 0.15) is 5.75 Å². The summed E-state index contributed by atoms with van der Waals surface area (Å²) < 4.78 is 30.1. The number of rotatable bonds is 6. The van der Waals surface area contributed by atoms with Crippen molar-refractivity contribution in [3.8, 4) is 17.0 Å². The minimum Gasteiger partial charge on any atom is -0.420 e. The highest BCUT2D eigenvalue weighted by molar-refractivity contribution is 6.20. The van der Waals surface area contributed by atoms with Crippen LogP contribution >= 0.6 is 11.6 Å². The summed E-state index contributed by atoms with van der Waals surface area (Å²) in [7, 11) is 0. The summed E-state index contributed by atoms with van der Waals surface area (Å²) in [5.74, 6) is -0.251. The van der Waals surface area contributed by atoms with Gasteiger partial charge >= 0.3 is 5.57 Å². The van der Waals surface area contributed by atoms with Crippen LogP contribution in [0.15, 0.2) is 48.7 Å². The van der Waals surface area contributed by atoms with Gasteiger partial charge in [-0.05, 0) is 68.3 Å². The van der Waals surface area contributed by atoms with Crippen molar-refractivity contribution in [3.63, 3.8) is 0 Å². The van der Waals surface area contributed by atoms with E-state index in [1.807, 2.05) is 23.1 Å². The molecule has 0 spiro atoms. The maximum absolute atomic E-state index is 13.4. The lowest BCUT2D eigenvalue weighted by molar-refractivity contribution is -0.130. The number of aromatic nitrogens is 2. The first-order valence-corrected chi connectivity index (χ1v) is 12.8. The van der Waals surface area contributed by atoms with Crippen LogP contribution in [0.4, 0.5) is 20.2 Å². The highest BCUT2D eigenvalue weighted by Gasteiger charge is 2.45. The van der Waals surface area contributed by atoms with E-state index >= 15 is 0 Å². The van der Waals surface area contributed by atoms with Crippen LogP contribution in [0.3, 0.4) is 0 Å². The van der Waals surface area contributed by atoms with Gasteiger partial charge in [0.25, 0.3) is 5.91 Å². The average molecular weight is 544 g/mol. The highest BCUT2D eigenvalue weighted by Crippen LogP contribution is 2.50. The van der Waals surface area contributed by atoms with Gasteiger partial charge in [0.05, 0.1) is 17.4 Å². The second kappa shape index (κ2) is 9.90. The maximum atomic E-state index is 13.4. The Bertz CT molecular complexity index is 1340. The predicted molar refractivity (Wildman–Crippen MR) is 141 cm³/mol. The molecule has 2 amide bonds. The Kier molecular flexibility index (Phi) is 6.77. The number of piperidine rings is 1. The number of likely N-dealkylation sites (tertiary alicyclic amines) is 1. The van der Waals surface area contributed by atoms with Crippen molar-refractivity contribution in [2.75, 3.05) is 23.3 Å². The van der Waals surface area contributed by atoms with E-state index in [9.17, 15) is 18.4 Å². The lowest BCUT2D eigenvalue weighted by atomic mass is 9.86. The number of anilines is 2. The van der Waals surface area contributed by atoms with E-state index in [1.165, 1.54) is 24.3 Å². The summed E-state index contributed by atoms with van der Waals surface area (Å²) in [4.78, 5) is 29.8. The first-order chi connectivity index (χ1) is 18.0. The smallest absolute Gasteiger partial charge is 0.420 e. The molecule has 2 atom stereocenters. The van der Waals surface area contributed by atoms with E-state index in [0.29, 0.717) is 24.3 Å². The molecule has 3 heterocycles. The molecule has 2 aromatic carbocycles. The number of nitrogens with one attached hydrogen (secondary N) is 2. The molecule has 1 saturated heterocycles. The van der Waals surface area contributed by atoms with Crippen LogP contribution in [-0.2, 0) is 4.79 Å². The fraction of sp³-hybridized carbons (Fsp3) is 0.370. The molecule has 2 unspecified atom stereocenters. The fourth-order valence-electron chi connectivity index (χ4n) is 5.58. The van der Waals surface area contributed by atoms with Crippen molar-refractivity contribution >= 4 is 34.8 Å². The lowest BCUT2D eigenvalue weighted by Crippen LogP contribution is -2.51. The van der Waals surface area contributed by atoms with Crippen molar-refractivity contribution in [3.05, 3.63) is 59.8 Å². The van der Waals surface area contributed by atoms with Crippen LogP contribution in [0.25, 0.3) is 11.3 Å². The third kappa shape index (κ3) is 5.05. The first kappa shape index (κ1) is 26.0. The molecule has 2 aliphatic rings. The van der Waals surface area contributed by atoms with Gasteiger partial charge in [-0.1, -0.05) is 0 Å². The molecule has 200 valence electrons. The number of aromatic amines is 1. The standard InChI is InChI=1S/C27H28ClF2N5O3/c1-15(2)35-24-14-34(16(3)36)11-9-20(24)21-12-17(13-22(25(21)35)23-8-10-31-33-23)26(37)32-18-4-6-19(7-5-18)38-27(28,29)30/h4-8,10,12-13,15,20,24H,9,11,14H2,1-3H3,(H,31,33)(H,32,37). The summed E-state index contributed by atoms with van der Waals surface area (Å²) in [6.07, 6.45) is 2.46. The molecule has 11 heteroatoms. The van der Waals surface area contributed by atoms with Gasteiger partial charge in [-0.2, -0.15) is 5.10 Å². The molecule has 0 aliphatic carbocycles. The molecule has 3 aromatic rings. The van der Waals surface area contributed by atoms with Crippen LogP contribution in [-0.4, -0.2) is 57.7 Å². The number of carbonyl (C=O) groups is 2. The molecular formula is C27H28ClF2N5O3. The molecule has 0 radical (unpaired) electrons. The summed E-state index contributed by atoms with van der Waals surface area (Å²) in [6, 6.07) is 11.4. The van der Waals surface area contributed by atoms with Crippen molar-refractivity contribution in [1.82, 2.24) is 15.1 Å². The molecular weight excluding hydrogens is 516 g/mol. The van der Waals surface area contributed by atoms with Crippen molar-refractivity contribution < 1.29 is 23.1 Å². The monoisotopic (exact) mass is 543 g/mol. The van der Waals surface area contributed by atoms with Gasteiger partial charge < -0.3 is 19.9 Å². The Morgan fingerprint density at radius 3 is 2.55 bits per heavy atom. The summed E-state index contributed by atoms with van der Waals surface area (Å²) in [5.41, 5.74) is 0.810. The molecule has 5 rings (SSSR count). The van der Waals surface area contributed by atoms with Crippen LogP contribution in [0.1, 0.15) is 49.0 Å². The van der Waals surface area contributed by atoms with E-state index in [0.717, 1.165) is 28.9 Å². The minimum atomic E-state index is -3.82. The minimum absolute atomic E-state index is 0.0585. The second-order valence-corrected chi connectivity index (χ2v) is 10.3. The zero-order valence-electron chi connectivity index (χ0n) is 21.2. The molecule has 2 N–H and O–H groups in total.